The first kappa shape index (κ1) is 26.1. The van der Waals surface area contributed by atoms with Crippen molar-refractivity contribution >= 4 is 22.8 Å². The molecule has 0 radical (unpaired) electrons. The van der Waals surface area contributed by atoms with Gasteiger partial charge in [-0.15, -0.1) is 0 Å². The summed E-state index contributed by atoms with van der Waals surface area (Å²) in [7, 11) is 1.79. The van der Waals surface area contributed by atoms with Gasteiger partial charge >= 0.3 is 5.97 Å². The van der Waals surface area contributed by atoms with Gasteiger partial charge in [-0.2, -0.15) is 0 Å². The van der Waals surface area contributed by atoms with E-state index in [-0.39, 0.29) is 11.9 Å². The Labute approximate surface area is 217 Å². The van der Waals surface area contributed by atoms with Crippen molar-refractivity contribution in [3.05, 3.63) is 108 Å². The zero-order valence-electron chi connectivity index (χ0n) is 21.3. The molecule has 37 heavy (non-hydrogen) atoms. The number of amides is 1. The molecule has 0 bridgehead atoms. The SMILES string of the molecule is CCN(N[C@@H](Cc1c[nH]c2ccccc12)C(=O)O)[C@H](Cc1ccccc1)CN(C)C(=O)c1ccccc1. The molecule has 0 fully saturated rings. The summed E-state index contributed by atoms with van der Waals surface area (Å²) in [6, 6.07) is 26.2. The minimum Gasteiger partial charge on any atom is -0.480 e. The molecule has 7 nitrogen and oxygen atoms in total. The highest BCUT2D eigenvalue weighted by atomic mass is 16.4. The number of carboxylic acids is 1. The molecular formula is C30H34N4O3. The number of aliphatic carboxylic acids is 1. The van der Waals surface area contributed by atoms with Gasteiger partial charge in [0.1, 0.15) is 6.04 Å². The minimum atomic E-state index is -0.920. The number of nitrogens with zero attached hydrogens (tertiary/aromatic N) is 2. The molecule has 1 amide bonds. The number of hydrazine groups is 1. The molecule has 0 saturated heterocycles. The van der Waals surface area contributed by atoms with Crippen molar-refractivity contribution in [3.63, 3.8) is 0 Å². The van der Waals surface area contributed by atoms with Crippen LogP contribution in [0.25, 0.3) is 10.9 Å². The Balaban J connectivity index is 1.55. The number of aromatic amines is 1. The summed E-state index contributed by atoms with van der Waals surface area (Å²) >= 11 is 0. The van der Waals surface area contributed by atoms with Crippen molar-refractivity contribution in [2.24, 2.45) is 0 Å². The number of likely N-dealkylation sites (N-methyl/N-ethyl adjacent to an activating group) is 2. The summed E-state index contributed by atoms with van der Waals surface area (Å²) < 4.78 is 0. The summed E-state index contributed by atoms with van der Waals surface area (Å²) in [5.74, 6) is -0.987. The highest BCUT2D eigenvalue weighted by molar-refractivity contribution is 5.94. The quantitative estimate of drug-likeness (QED) is 0.253. The number of carbonyl (C=O) groups excluding carboxylic acids is 1. The molecule has 3 aromatic carbocycles. The van der Waals surface area contributed by atoms with E-state index in [1.807, 2.05) is 90.9 Å². The van der Waals surface area contributed by atoms with Crippen molar-refractivity contribution in [1.82, 2.24) is 20.3 Å². The predicted molar refractivity (Wildman–Crippen MR) is 146 cm³/mol. The molecule has 3 N–H and O–H groups in total. The van der Waals surface area contributed by atoms with Crippen LogP contribution in [0.3, 0.4) is 0 Å². The fourth-order valence-corrected chi connectivity index (χ4v) is 4.72. The van der Waals surface area contributed by atoms with Gasteiger partial charge in [-0.1, -0.05) is 73.7 Å². The number of hydrogen-bond donors (Lipinski definition) is 3. The standard InChI is InChI=1S/C30H34N4O3/c1-3-34(32-28(30(36)37)19-24-20-31-27-17-11-10-16-26(24)27)25(18-22-12-6-4-7-13-22)21-33(2)29(35)23-14-8-5-9-15-23/h4-17,20,25,28,31-32H,3,18-19,21H2,1-2H3,(H,36,37)/t25-,28+/m1/s1. The maximum Gasteiger partial charge on any atom is 0.322 e. The molecule has 1 aromatic heterocycles. The van der Waals surface area contributed by atoms with Crippen molar-refractivity contribution in [2.45, 2.75) is 31.8 Å². The van der Waals surface area contributed by atoms with Crippen molar-refractivity contribution < 1.29 is 14.7 Å². The number of carboxylic acid groups (broad SMARTS) is 1. The first-order chi connectivity index (χ1) is 18.0. The molecule has 4 aromatic rings. The van der Waals surface area contributed by atoms with E-state index < -0.39 is 12.0 Å². The fourth-order valence-electron chi connectivity index (χ4n) is 4.72. The van der Waals surface area contributed by atoms with Crippen LogP contribution in [0.1, 0.15) is 28.4 Å². The Kier molecular flexibility index (Phi) is 8.72. The van der Waals surface area contributed by atoms with Crippen LogP contribution in [0.2, 0.25) is 0 Å². The number of nitrogens with one attached hydrogen (secondary N) is 2. The Morgan fingerprint density at radius 1 is 0.919 bits per heavy atom. The van der Waals surface area contributed by atoms with Crippen LogP contribution in [0.5, 0.6) is 0 Å². The van der Waals surface area contributed by atoms with E-state index in [1.54, 1.807) is 11.9 Å². The molecule has 192 valence electrons. The van der Waals surface area contributed by atoms with Crippen LogP contribution in [-0.2, 0) is 17.6 Å². The number of H-pyrrole nitrogens is 1. The number of benzene rings is 3. The summed E-state index contributed by atoms with van der Waals surface area (Å²) in [4.78, 5) is 30.4. The smallest absolute Gasteiger partial charge is 0.322 e. The second-order valence-electron chi connectivity index (χ2n) is 9.26. The monoisotopic (exact) mass is 498 g/mol. The average molecular weight is 499 g/mol. The van der Waals surface area contributed by atoms with E-state index in [0.717, 1.165) is 22.0 Å². The minimum absolute atomic E-state index is 0.0664. The fraction of sp³-hybridized carbons (Fsp3) is 0.267. The van der Waals surface area contributed by atoms with E-state index in [9.17, 15) is 14.7 Å². The second kappa shape index (κ2) is 12.3. The van der Waals surface area contributed by atoms with E-state index >= 15 is 0 Å². The number of aromatic nitrogens is 1. The van der Waals surface area contributed by atoms with Crippen LogP contribution in [0.4, 0.5) is 0 Å². The number of hydrogen-bond acceptors (Lipinski definition) is 4. The average Bonchev–Trinajstić information content (AvgIpc) is 3.34. The third-order valence-corrected chi connectivity index (χ3v) is 6.67. The van der Waals surface area contributed by atoms with Crippen LogP contribution < -0.4 is 5.43 Å². The van der Waals surface area contributed by atoms with E-state index in [4.69, 9.17) is 0 Å². The van der Waals surface area contributed by atoms with E-state index in [2.05, 4.69) is 22.5 Å². The largest absolute Gasteiger partial charge is 0.480 e. The Bertz CT molecular complexity index is 1310. The van der Waals surface area contributed by atoms with Gasteiger partial charge in [0.15, 0.2) is 0 Å². The summed E-state index contributed by atoms with van der Waals surface area (Å²) in [6.45, 7) is 3.00. The van der Waals surface area contributed by atoms with Crippen molar-refractivity contribution in [2.75, 3.05) is 20.1 Å². The molecule has 4 rings (SSSR count). The number of carbonyl (C=O) groups is 2. The lowest BCUT2D eigenvalue weighted by Crippen LogP contribution is -2.57. The maximum absolute atomic E-state index is 13.1. The lowest BCUT2D eigenvalue weighted by Gasteiger charge is -2.36. The van der Waals surface area contributed by atoms with Gasteiger partial charge in [-0.05, 0) is 35.7 Å². The topological polar surface area (TPSA) is 88.7 Å². The van der Waals surface area contributed by atoms with Gasteiger partial charge in [-0.25, -0.2) is 10.4 Å². The van der Waals surface area contributed by atoms with Gasteiger partial charge in [0.05, 0.1) is 0 Å². The molecule has 1 heterocycles. The first-order valence-electron chi connectivity index (χ1n) is 12.6. The van der Waals surface area contributed by atoms with Gasteiger partial charge in [0, 0.05) is 55.3 Å². The van der Waals surface area contributed by atoms with Crippen LogP contribution in [-0.4, -0.2) is 64.1 Å². The summed E-state index contributed by atoms with van der Waals surface area (Å²) in [5.41, 5.74) is 6.97. The lowest BCUT2D eigenvalue weighted by atomic mass is 10.0. The summed E-state index contributed by atoms with van der Waals surface area (Å²) in [5, 5.41) is 13.1. The molecule has 0 aliphatic heterocycles. The normalized spacial score (nSPS) is 12.9. The molecule has 7 heteroatoms. The van der Waals surface area contributed by atoms with Gasteiger partial charge in [0.2, 0.25) is 0 Å². The van der Waals surface area contributed by atoms with Crippen LogP contribution >= 0.6 is 0 Å². The molecule has 0 unspecified atom stereocenters. The van der Waals surface area contributed by atoms with E-state index in [0.29, 0.717) is 31.5 Å². The number of fused-ring (bicyclic) bond motifs is 1. The second-order valence-corrected chi connectivity index (χ2v) is 9.26. The number of rotatable bonds is 12. The van der Waals surface area contributed by atoms with Gasteiger partial charge in [-0.3, -0.25) is 9.59 Å². The maximum atomic E-state index is 13.1. The molecular weight excluding hydrogens is 464 g/mol. The Morgan fingerprint density at radius 3 is 2.24 bits per heavy atom. The summed E-state index contributed by atoms with van der Waals surface area (Å²) in [6.07, 6.45) is 2.87. The predicted octanol–water partition coefficient (Wildman–Crippen LogP) is 4.37. The zero-order valence-corrected chi connectivity index (χ0v) is 21.3. The molecule has 0 saturated carbocycles. The molecule has 0 aliphatic rings. The zero-order chi connectivity index (χ0) is 26.2. The third-order valence-electron chi connectivity index (χ3n) is 6.67. The highest BCUT2D eigenvalue weighted by Crippen LogP contribution is 2.20. The molecule has 0 aliphatic carbocycles. The Hall–Kier alpha value is -3.94. The van der Waals surface area contributed by atoms with Crippen molar-refractivity contribution in [3.8, 4) is 0 Å². The lowest BCUT2D eigenvalue weighted by molar-refractivity contribution is -0.141. The Morgan fingerprint density at radius 2 is 1.57 bits per heavy atom. The first-order valence-corrected chi connectivity index (χ1v) is 12.6. The van der Waals surface area contributed by atoms with Crippen LogP contribution in [0, 0.1) is 0 Å². The van der Waals surface area contributed by atoms with Gasteiger partial charge < -0.3 is 15.0 Å². The third kappa shape index (κ3) is 6.64. The molecule has 0 spiro atoms. The number of para-hydroxylation sites is 1. The van der Waals surface area contributed by atoms with E-state index in [1.165, 1.54) is 0 Å². The van der Waals surface area contributed by atoms with Crippen LogP contribution in [0.15, 0.2) is 91.1 Å². The van der Waals surface area contributed by atoms with Gasteiger partial charge in [0.25, 0.3) is 5.91 Å². The van der Waals surface area contributed by atoms with Crippen molar-refractivity contribution in [1.29, 1.82) is 0 Å². The highest BCUT2D eigenvalue weighted by Gasteiger charge is 2.28. The molecule has 2 atom stereocenters.